The zero-order valence-corrected chi connectivity index (χ0v) is 19.8. The van der Waals surface area contributed by atoms with Crippen molar-refractivity contribution < 1.29 is 22.3 Å². The number of unbranched alkanes of at least 4 members (excludes halogenated alkanes) is 3. The van der Waals surface area contributed by atoms with Crippen LogP contribution in [0.1, 0.15) is 54.9 Å². The van der Waals surface area contributed by atoms with Gasteiger partial charge in [-0.25, -0.2) is 12.8 Å². The molecule has 1 atom stereocenters. The van der Waals surface area contributed by atoms with Crippen LogP contribution in [0.2, 0.25) is 5.02 Å². The van der Waals surface area contributed by atoms with Gasteiger partial charge in [-0.1, -0.05) is 43.9 Å². The van der Waals surface area contributed by atoms with Crippen molar-refractivity contribution >= 4 is 27.3 Å². The number of sulfone groups is 1. The second-order valence-electron chi connectivity index (χ2n) is 8.12. The highest BCUT2D eigenvalue weighted by atomic mass is 35.5. The fourth-order valence-corrected chi connectivity index (χ4v) is 5.77. The Morgan fingerprint density at radius 1 is 1.16 bits per heavy atom. The summed E-state index contributed by atoms with van der Waals surface area (Å²) in [6.45, 7) is 2.67. The van der Waals surface area contributed by atoms with Gasteiger partial charge < -0.3 is 9.64 Å². The molecule has 32 heavy (non-hydrogen) atoms. The SMILES string of the molecule is CCCCCCOc1ccc(C(=O)N(Cc2c(F)cccc2Cl)C2CCS(=O)(=O)C2)cc1. The molecule has 0 spiro atoms. The van der Waals surface area contributed by atoms with Crippen LogP contribution >= 0.6 is 11.6 Å². The number of benzene rings is 2. The van der Waals surface area contributed by atoms with Crippen molar-refractivity contribution in [3.63, 3.8) is 0 Å². The molecular formula is C24H29ClFNO4S. The number of halogens is 2. The Morgan fingerprint density at radius 3 is 2.53 bits per heavy atom. The molecule has 1 fully saturated rings. The number of rotatable bonds is 10. The van der Waals surface area contributed by atoms with Crippen molar-refractivity contribution in [2.75, 3.05) is 18.1 Å². The van der Waals surface area contributed by atoms with E-state index in [9.17, 15) is 17.6 Å². The molecule has 0 radical (unpaired) electrons. The molecule has 2 aromatic rings. The number of amides is 1. The Bertz CT molecular complexity index is 1010. The lowest BCUT2D eigenvalue weighted by Gasteiger charge is -2.29. The van der Waals surface area contributed by atoms with Gasteiger partial charge in [-0.15, -0.1) is 0 Å². The van der Waals surface area contributed by atoms with E-state index in [1.807, 2.05) is 0 Å². The molecule has 2 aromatic carbocycles. The molecule has 0 N–H and O–H groups in total. The molecular weight excluding hydrogens is 453 g/mol. The predicted octanol–water partition coefficient (Wildman–Crippen LogP) is 5.27. The molecule has 1 heterocycles. The number of carbonyl (C=O) groups is 1. The summed E-state index contributed by atoms with van der Waals surface area (Å²) in [6.07, 6.45) is 4.75. The number of hydrogen-bond donors (Lipinski definition) is 0. The summed E-state index contributed by atoms with van der Waals surface area (Å²) in [5.74, 6) is -0.338. The van der Waals surface area contributed by atoms with Crippen LogP contribution in [0.5, 0.6) is 5.75 Å². The molecule has 1 amide bonds. The largest absolute Gasteiger partial charge is 0.494 e. The first-order valence-corrected chi connectivity index (χ1v) is 13.2. The third-order valence-electron chi connectivity index (χ3n) is 5.67. The molecule has 1 saturated heterocycles. The van der Waals surface area contributed by atoms with Crippen molar-refractivity contribution in [1.82, 2.24) is 4.90 Å². The van der Waals surface area contributed by atoms with E-state index < -0.39 is 21.7 Å². The Morgan fingerprint density at radius 2 is 1.91 bits per heavy atom. The smallest absolute Gasteiger partial charge is 0.254 e. The van der Waals surface area contributed by atoms with Crippen LogP contribution in [0, 0.1) is 5.82 Å². The first-order chi connectivity index (χ1) is 15.3. The van der Waals surface area contributed by atoms with Crippen molar-refractivity contribution in [2.45, 2.75) is 51.6 Å². The third-order valence-corrected chi connectivity index (χ3v) is 7.77. The zero-order chi connectivity index (χ0) is 23.1. The predicted molar refractivity (Wildman–Crippen MR) is 124 cm³/mol. The molecule has 0 aromatic heterocycles. The number of ether oxygens (including phenoxy) is 1. The van der Waals surface area contributed by atoms with Gasteiger partial charge in [0.2, 0.25) is 0 Å². The van der Waals surface area contributed by atoms with E-state index in [0.717, 1.165) is 19.3 Å². The Labute approximate surface area is 194 Å². The topological polar surface area (TPSA) is 63.7 Å². The van der Waals surface area contributed by atoms with Crippen LogP contribution in [0.15, 0.2) is 42.5 Å². The summed E-state index contributed by atoms with van der Waals surface area (Å²) in [6, 6.07) is 10.6. The van der Waals surface area contributed by atoms with Gasteiger partial charge in [0.15, 0.2) is 9.84 Å². The minimum atomic E-state index is -3.23. The number of nitrogens with zero attached hydrogens (tertiary/aromatic N) is 1. The van der Waals surface area contributed by atoms with Crippen LogP contribution in [-0.2, 0) is 16.4 Å². The molecule has 0 aliphatic carbocycles. The number of hydrogen-bond acceptors (Lipinski definition) is 4. The molecule has 1 aliphatic heterocycles. The van der Waals surface area contributed by atoms with Crippen LogP contribution in [-0.4, -0.2) is 43.4 Å². The summed E-state index contributed by atoms with van der Waals surface area (Å²) in [4.78, 5) is 14.8. The van der Waals surface area contributed by atoms with Gasteiger partial charge in [-0.3, -0.25) is 4.79 Å². The van der Waals surface area contributed by atoms with Crippen LogP contribution < -0.4 is 4.74 Å². The minimum absolute atomic E-state index is 0.0112. The average Bonchev–Trinajstić information content (AvgIpc) is 3.13. The van der Waals surface area contributed by atoms with Crippen LogP contribution in [0.25, 0.3) is 0 Å². The van der Waals surface area contributed by atoms with Crippen LogP contribution in [0.3, 0.4) is 0 Å². The summed E-state index contributed by atoms with van der Waals surface area (Å²) < 4.78 is 44.2. The van der Waals surface area contributed by atoms with Gasteiger partial charge in [0.1, 0.15) is 11.6 Å². The first kappa shape index (κ1) is 24.5. The van der Waals surface area contributed by atoms with Crippen molar-refractivity contribution in [2.24, 2.45) is 0 Å². The molecule has 5 nitrogen and oxygen atoms in total. The standard InChI is InChI=1S/C24H29ClFNO4S/c1-2-3-4-5-14-31-20-11-9-18(10-12-20)24(28)27(19-13-15-32(29,30)17-19)16-21-22(25)7-6-8-23(21)26/h6-12,19H,2-5,13-17H2,1H3. The first-order valence-electron chi connectivity index (χ1n) is 11.0. The van der Waals surface area contributed by atoms with E-state index in [0.29, 0.717) is 24.3 Å². The fraction of sp³-hybridized carbons (Fsp3) is 0.458. The van der Waals surface area contributed by atoms with Gasteiger partial charge in [0, 0.05) is 22.2 Å². The molecule has 3 rings (SSSR count). The minimum Gasteiger partial charge on any atom is -0.494 e. The highest BCUT2D eigenvalue weighted by molar-refractivity contribution is 7.91. The second kappa shape index (κ2) is 11.1. The van der Waals surface area contributed by atoms with E-state index in [1.54, 1.807) is 30.3 Å². The molecule has 0 bridgehead atoms. The normalized spacial score (nSPS) is 17.3. The zero-order valence-electron chi connectivity index (χ0n) is 18.2. The summed E-state index contributed by atoms with van der Waals surface area (Å²) >= 11 is 6.18. The lowest BCUT2D eigenvalue weighted by atomic mass is 10.1. The monoisotopic (exact) mass is 481 g/mol. The Hall–Kier alpha value is -2.12. The number of carbonyl (C=O) groups excluding carboxylic acids is 1. The van der Waals surface area contributed by atoms with Crippen molar-refractivity contribution in [3.05, 3.63) is 64.4 Å². The lowest BCUT2D eigenvalue weighted by molar-refractivity contribution is 0.0679. The van der Waals surface area contributed by atoms with E-state index in [2.05, 4.69) is 6.92 Å². The van der Waals surface area contributed by atoms with E-state index in [-0.39, 0.29) is 34.5 Å². The van der Waals surface area contributed by atoms with Gasteiger partial charge in [0.25, 0.3) is 5.91 Å². The van der Waals surface area contributed by atoms with Gasteiger partial charge >= 0.3 is 0 Å². The maximum Gasteiger partial charge on any atom is 0.254 e. The van der Waals surface area contributed by atoms with Gasteiger partial charge in [-0.2, -0.15) is 0 Å². The van der Waals surface area contributed by atoms with E-state index >= 15 is 0 Å². The lowest BCUT2D eigenvalue weighted by Crippen LogP contribution is -2.41. The summed E-state index contributed by atoms with van der Waals surface area (Å²) in [5.41, 5.74) is 0.568. The molecule has 174 valence electrons. The highest BCUT2D eigenvalue weighted by Crippen LogP contribution is 2.27. The van der Waals surface area contributed by atoms with Crippen LogP contribution in [0.4, 0.5) is 4.39 Å². The third kappa shape index (κ3) is 6.45. The molecule has 8 heteroatoms. The Kier molecular flexibility index (Phi) is 8.54. The quantitative estimate of drug-likeness (QED) is 0.434. The average molecular weight is 482 g/mol. The highest BCUT2D eigenvalue weighted by Gasteiger charge is 2.35. The van der Waals surface area contributed by atoms with Crippen molar-refractivity contribution in [3.8, 4) is 5.75 Å². The van der Waals surface area contributed by atoms with E-state index in [4.69, 9.17) is 16.3 Å². The maximum atomic E-state index is 14.4. The molecule has 0 saturated carbocycles. The summed E-state index contributed by atoms with van der Waals surface area (Å²) in [5, 5.41) is 0.204. The second-order valence-corrected chi connectivity index (χ2v) is 10.8. The Balaban J connectivity index is 1.76. The van der Waals surface area contributed by atoms with Gasteiger partial charge in [0.05, 0.1) is 24.7 Å². The maximum absolute atomic E-state index is 14.4. The fourth-order valence-electron chi connectivity index (χ4n) is 3.82. The van der Waals surface area contributed by atoms with Gasteiger partial charge in [-0.05, 0) is 49.2 Å². The van der Waals surface area contributed by atoms with Crippen molar-refractivity contribution in [1.29, 1.82) is 0 Å². The molecule has 1 unspecified atom stereocenters. The van der Waals surface area contributed by atoms with E-state index in [1.165, 1.54) is 23.5 Å². The summed E-state index contributed by atoms with van der Waals surface area (Å²) in [7, 11) is -3.23. The molecule has 1 aliphatic rings.